The summed E-state index contributed by atoms with van der Waals surface area (Å²) < 4.78 is 24.5. The molecular formula is C26H29ClFN5O6. The highest BCUT2D eigenvalue weighted by molar-refractivity contribution is 6.30. The number of carbonyl (C=O) groups excluding carboxylic acids is 3. The normalized spacial score (nSPS) is 10.7. The molecule has 0 aliphatic rings. The summed E-state index contributed by atoms with van der Waals surface area (Å²) in [5.74, 6) is -2.05. The summed E-state index contributed by atoms with van der Waals surface area (Å²) in [7, 11) is 2.79. The highest BCUT2D eigenvalue weighted by atomic mass is 35.5. The number of aliphatic imine (C=N–C) groups is 1. The number of nitrogens with zero attached hydrogens (tertiary/aromatic N) is 3. The van der Waals surface area contributed by atoms with E-state index in [9.17, 15) is 18.8 Å². The van der Waals surface area contributed by atoms with E-state index in [0.717, 1.165) is 18.7 Å². The van der Waals surface area contributed by atoms with Crippen molar-refractivity contribution in [2.24, 2.45) is 4.99 Å². The molecule has 0 atom stereocenters. The summed E-state index contributed by atoms with van der Waals surface area (Å²) >= 11 is 5.96. The number of carbonyl (C=O) groups is 3. The number of aliphatic hydroxyl groups excluding tert-OH is 1. The average molecular weight is 562 g/mol. The van der Waals surface area contributed by atoms with Gasteiger partial charge in [-0.25, -0.2) is 19.1 Å². The molecule has 0 fully saturated rings. The molecule has 2 aromatic carbocycles. The Morgan fingerprint density at radius 3 is 2.46 bits per heavy atom. The molecule has 11 nitrogen and oxygen atoms in total. The lowest BCUT2D eigenvalue weighted by Crippen LogP contribution is -2.49. The van der Waals surface area contributed by atoms with Crippen LogP contribution in [-0.4, -0.2) is 72.1 Å². The fourth-order valence-corrected chi connectivity index (χ4v) is 3.13. The molecule has 3 N–H and O–H groups in total. The van der Waals surface area contributed by atoms with Crippen LogP contribution in [0.3, 0.4) is 0 Å². The third-order valence-electron chi connectivity index (χ3n) is 4.82. The smallest absolute Gasteiger partial charge is 0.336 e. The topological polar surface area (TPSA) is 133 Å². The van der Waals surface area contributed by atoms with E-state index in [4.69, 9.17) is 21.4 Å². The maximum atomic E-state index is 14.6. The molecular weight excluding hydrogens is 533 g/mol. The Hall–Kier alpha value is -4.50. The summed E-state index contributed by atoms with van der Waals surface area (Å²) in [6.45, 7) is 2.75. The number of halogens is 2. The highest BCUT2D eigenvalue weighted by Gasteiger charge is 2.20. The van der Waals surface area contributed by atoms with E-state index in [1.807, 2.05) is 0 Å². The van der Waals surface area contributed by atoms with Crippen LogP contribution in [0.1, 0.15) is 19.4 Å². The Labute approximate surface area is 230 Å². The van der Waals surface area contributed by atoms with Crippen molar-refractivity contribution in [2.45, 2.75) is 26.5 Å². The minimum absolute atomic E-state index is 0.0217. The van der Waals surface area contributed by atoms with Gasteiger partial charge in [0.15, 0.2) is 11.6 Å². The molecule has 39 heavy (non-hydrogen) atoms. The van der Waals surface area contributed by atoms with E-state index >= 15 is 0 Å². The first-order valence-electron chi connectivity index (χ1n) is 11.6. The number of methoxy groups -OCH3 is 1. The van der Waals surface area contributed by atoms with E-state index in [1.165, 1.54) is 12.1 Å². The zero-order valence-corrected chi connectivity index (χ0v) is 22.6. The van der Waals surface area contributed by atoms with Gasteiger partial charge in [0, 0.05) is 24.7 Å². The summed E-state index contributed by atoms with van der Waals surface area (Å²) in [6.07, 6.45) is 1.33. The fourth-order valence-electron chi connectivity index (χ4n) is 3.01. The van der Waals surface area contributed by atoms with Crippen LogP contribution in [0, 0.1) is 18.0 Å². The number of hydrogen-bond donors (Lipinski definition) is 3. The quantitative estimate of drug-likeness (QED) is 0.141. The molecule has 0 radical (unpaired) electrons. The summed E-state index contributed by atoms with van der Waals surface area (Å²) in [4.78, 5) is 43.1. The third kappa shape index (κ3) is 10.4. The van der Waals surface area contributed by atoms with Gasteiger partial charge in [0.1, 0.15) is 19.2 Å². The van der Waals surface area contributed by atoms with Crippen molar-refractivity contribution in [3.05, 3.63) is 58.9 Å². The van der Waals surface area contributed by atoms with Crippen molar-refractivity contribution in [3.63, 3.8) is 0 Å². The van der Waals surface area contributed by atoms with Gasteiger partial charge < -0.3 is 24.8 Å². The first-order valence-corrected chi connectivity index (χ1v) is 12.0. The Balaban J connectivity index is 2.32. The number of nitrogens with one attached hydrogen (secondary N) is 2. The lowest BCUT2D eigenvalue weighted by molar-refractivity contribution is -0.141. The maximum absolute atomic E-state index is 14.6. The molecule has 2 aromatic rings. The molecule has 3 amide bonds. The van der Waals surface area contributed by atoms with Crippen LogP contribution in [-0.2, 0) is 20.9 Å². The summed E-state index contributed by atoms with van der Waals surface area (Å²) in [5, 5.41) is 14.4. The van der Waals surface area contributed by atoms with Gasteiger partial charge in [-0.2, -0.15) is 0 Å². The van der Waals surface area contributed by atoms with Gasteiger partial charge in [-0.1, -0.05) is 23.7 Å². The number of hydrogen-bond acceptors (Lipinski definition) is 7. The number of urea groups is 1. The van der Waals surface area contributed by atoms with Crippen molar-refractivity contribution < 1.29 is 33.4 Å². The fraction of sp³-hybridized carbons (Fsp3) is 0.308. The van der Waals surface area contributed by atoms with Crippen LogP contribution in [0.2, 0.25) is 5.02 Å². The molecule has 0 saturated heterocycles. The second-order valence-electron chi connectivity index (χ2n) is 8.29. The van der Waals surface area contributed by atoms with Gasteiger partial charge in [-0.15, -0.1) is 0 Å². The van der Waals surface area contributed by atoms with Gasteiger partial charge in [0.2, 0.25) is 11.9 Å². The second kappa shape index (κ2) is 15.0. The summed E-state index contributed by atoms with van der Waals surface area (Å²) in [6, 6.07) is 12.2. The maximum Gasteiger partial charge on any atom is 0.336 e. The zero-order chi connectivity index (χ0) is 28.9. The van der Waals surface area contributed by atoms with Crippen molar-refractivity contribution in [1.29, 1.82) is 0 Å². The number of amides is 3. The number of ether oxygens (including phenoxy) is 2. The molecule has 208 valence electrons. The van der Waals surface area contributed by atoms with Crippen LogP contribution in [0.15, 0.2) is 47.5 Å². The van der Waals surface area contributed by atoms with Gasteiger partial charge in [0.25, 0.3) is 0 Å². The van der Waals surface area contributed by atoms with Crippen molar-refractivity contribution in [2.75, 3.05) is 27.2 Å². The first kappa shape index (κ1) is 30.7. The standard InChI is InChI=1S/C26H29ClFN5O6/c1-17(2)39-22-10-9-20(13-21(22)28)30-25(32(3)15-18-5-7-19(27)8-6-18)31-26(37)33(11-12-34)16-23(35)29-14-24(36)38-4/h5-10,13,17,34H,14-16H2,1-4H3,(H,29,35)(H,30,31,37). The largest absolute Gasteiger partial charge is 0.488 e. The predicted molar refractivity (Wildman–Crippen MR) is 142 cm³/mol. The van der Waals surface area contributed by atoms with E-state index in [2.05, 4.69) is 26.4 Å². The van der Waals surface area contributed by atoms with E-state index in [-0.39, 0.29) is 30.0 Å². The van der Waals surface area contributed by atoms with Crippen LogP contribution < -0.4 is 15.4 Å². The number of guanidine groups is 1. The third-order valence-corrected chi connectivity index (χ3v) is 5.07. The van der Waals surface area contributed by atoms with E-state index in [1.54, 1.807) is 56.2 Å². The van der Waals surface area contributed by atoms with E-state index in [0.29, 0.717) is 9.92 Å². The number of benzene rings is 2. The van der Waals surface area contributed by atoms with Crippen molar-refractivity contribution in [3.8, 4) is 17.9 Å². The van der Waals surface area contributed by atoms with Crippen molar-refractivity contribution in [1.82, 2.24) is 20.4 Å². The van der Waals surface area contributed by atoms with Gasteiger partial charge in [0.05, 0.1) is 24.9 Å². The molecule has 0 spiro atoms. The van der Waals surface area contributed by atoms with E-state index < -0.39 is 36.8 Å². The highest BCUT2D eigenvalue weighted by Crippen LogP contribution is 2.24. The SMILES string of the molecule is COC(=O)CNC(=O)CN(C#CO)C(=O)NC(=Nc1ccc(OC(C)C)c(F)c1)N(C)Cc1ccc(Cl)cc1. The van der Waals surface area contributed by atoms with Gasteiger partial charge in [-0.3, -0.25) is 14.9 Å². The minimum atomic E-state index is -0.924. The monoisotopic (exact) mass is 561 g/mol. The van der Waals surface area contributed by atoms with Crippen molar-refractivity contribution >= 4 is 41.2 Å². The van der Waals surface area contributed by atoms with Crippen LogP contribution in [0.25, 0.3) is 0 Å². The molecule has 0 unspecified atom stereocenters. The average Bonchev–Trinajstić information content (AvgIpc) is 2.89. The second-order valence-corrected chi connectivity index (χ2v) is 8.73. The number of aliphatic hydroxyl groups is 1. The lowest BCUT2D eigenvalue weighted by atomic mass is 10.2. The Kier molecular flexibility index (Phi) is 11.8. The first-order chi connectivity index (χ1) is 18.5. The molecule has 0 saturated carbocycles. The molecule has 0 aliphatic heterocycles. The Bertz CT molecular complexity index is 1260. The zero-order valence-electron chi connectivity index (χ0n) is 21.8. The van der Waals surface area contributed by atoms with Crippen LogP contribution in [0.5, 0.6) is 5.75 Å². The Morgan fingerprint density at radius 2 is 1.87 bits per heavy atom. The molecule has 0 heterocycles. The Morgan fingerprint density at radius 1 is 1.18 bits per heavy atom. The molecule has 13 heteroatoms. The predicted octanol–water partition coefficient (Wildman–Crippen LogP) is 2.98. The minimum Gasteiger partial charge on any atom is -0.488 e. The molecule has 0 aliphatic carbocycles. The number of esters is 1. The molecule has 0 aromatic heterocycles. The van der Waals surface area contributed by atoms with Crippen LogP contribution in [0.4, 0.5) is 14.9 Å². The molecule has 2 rings (SSSR count). The summed E-state index contributed by atoms with van der Waals surface area (Å²) in [5.41, 5.74) is 0.988. The van der Waals surface area contributed by atoms with Gasteiger partial charge >= 0.3 is 12.0 Å². The lowest BCUT2D eigenvalue weighted by Gasteiger charge is -2.24. The molecule has 0 bridgehead atoms. The van der Waals surface area contributed by atoms with Crippen LogP contribution >= 0.6 is 11.6 Å². The number of rotatable bonds is 9. The van der Waals surface area contributed by atoms with Gasteiger partial charge in [-0.05, 0) is 43.7 Å².